The lowest BCUT2D eigenvalue weighted by Crippen LogP contribution is -2.23. The van der Waals surface area contributed by atoms with Crippen LogP contribution < -0.4 is 10.3 Å². The van der Waals surface area contributed by atoms with Gasteiger partial charge in [0.25, 0.3) is 5.56 Å². The summed E-state index contributed by atoms with van der Waals surface area (Å²) in [4.78, 5) is 21.2. The Morgan fingerprint density at radius 2 is 2.00 bits per heavy atom. The van der Waals surface area contributed by atoms with Crippen LogP contribution in [-0.2, 0) is 7.05 Å². The van der Waals surface area contributed by atoms with Crippen molar-refractivity contribution in [3.8, 4) is 11.6 Å². The molecule has 2 heterocycles. The second-order valence-electron chi connectivity index (χ2n) is 6.82. The van der Waals surface area contributed by atoms with Crippen molar-refractivity contribution < 1.29 is 9.84 Å². The van der Waals surface area contributed by atoms with Crippen LogP contribution in [0.1, 0.15) is 29.7 Å². The highest BCUT2D eigenvalue weighted by molar-refractivity contribution is 7.99. The van der Waals surface area contributed by atoms with E-state index in [1.165, 1.54) is 4.57 Å². The molecule has 0 radical (unpaired) electrons. The second-order valence-corrected chi connectivity index (χ2v) is 8.46. The van der Waals surface area contributed by atoms with Gasteiger partial charge in [-0.2, -0.15) is 0 Å². The van der Waals surface area contributed by atoms with Crippen molar-refractivity contribution in [2.45, 2.75) is 23.5 Å². The van der Waals surface area contributed by atoms with E-state index in [2.05, 4.69) is 4.98 Å². The average molecular weight is 440 g/mol. The predicted octanol–water partition coefficient (Wildman–Crippen LogP) is 4.91. The molecule has 1 aliphatic rings. The van der Waals surface area contributed by atoms with Crippen molar-refractivity contribution in [3.05, 3.63) is 74.8 Å². The van der Waals surface area contributed by atoms with E-state index in [0.717, 1.165) is 21.9 Å². The zero-order valence-electron chi connectivity index (χ0n) is 16.6. The summed E-state index contributed by atoms with van der Waals surface area (Å²) in [6.07, 6.45) is 0.441. The number of rotatable bonds is 4. The summed E-state index contributed by atoms with van der Waals surface area (Å²) in [6.45, 7) is 2.51. The molecular weight excluding hydrogens is 418 g/mol. The Labute approximate surface area is 183 Å². The molecule has 0 saturated carbocycles. The molecule has 0 bridgehead atoms. The number of ether oxygens (including phenoxy) is 1. The number of para-hydroxylation sites is 2. The maximum Gasteiger partial charge on any atom is 0.264 e. The van der Waals surface area contributed by atoms with E-state index < -0.39 is 5.56 Å². The molecule has 0 unspecified atom stereocenters. The van der Waals surface area contributed by atoms with Crippen LogP contribution in [-0.4, -0.2) is 27.0 Å². The molecule has 1 aliphatic heterocycles. The molecular formula is C22H21N3O3S2. The summed E-state index contributed by atoms with van der Waals surface area (Å²) in [5, 5.41) is 10.7. The molecule has 0 spiro atoms. The average Bonchev–Trinajstić information content (AvgIpc) is 2.92. The lowest BCUT2D eigenvalue weighted by Gasteiger charge is -2.19. The maximum absolute atomic E-state index is 12.7. The first-order valence-corrected chi connectivity index (χ1v) is 10.9. The standard InChI is InChI=1S/C22H21N3O3S2/c1-3-28-16-10-6-4-8-13(16)18-12-15(23-14-9-5-7-11-17(14)30-18)19-20(26)24-22(29)25(2)21(19)27/h4-11,18,27H,3,12H2,1-2H3,(H,24,26,29)/t18-/m0/s1. The van der Waals surface area contributed by atoms with Crippen molar-refractivity contribution in [3.63, 3.8) is 0 Å². The second kappa shape index (κ2) is 8.49. The topological polar surface area (TPSA) is 79.6 Å². The van der Waals surface area contributed by atoms with Crippen LogP contribution in [0.3, 0.4) is 0 Å². The normalized spacial score (nSPS) is 15.8. The molecule has 8 heteroatoms. The number of thioether (sulfide) groups is 1. The first kappa shape index (κ1) is 20.4. The van der Waals surface area contributed by atoms with Gasteiger partial charge in [0.1, 0.15) is 11.3 Å². The Morgan fingerprint density at radius 1 is 1.27 bits per heavy atom. The third-order valence-electron chi connectivity index (χ3n) is 4.92. The van der Waals surface area contributed by atoms with E-state index in [1.54, 1.807) is 18.8 Å². The number of aromatic nitrogens is 2. The molecule has 2 aromatic carbocycles. The smallest absolute Gasteiger partial charge is 0.264 e. The van der Waals surface area contributed by atoms with Crippen LogP contribution in [0.5, 0.6) is 11.6 Å². The van der Waals surface area contributed by atoms with Gasteiger partial charge < -0.3 is 9.84 Å². The fourth-order valence-corrected chi connectivity index (χ4v) is 4.88. The van der Waals surface area contributed by atoms with Gasteiger partial charge in [-0.25, -0.2) is 0 Å². The first-order chi connectivity index (χ1) is 14.5. The summed E-state index contributed by atoms with van der Waals surface area (Å²) in [7, 11) is 1.61. The van der Waals surface area contributed by atoms with E-state index in [1.807, 2.05) is 55.5 Å². The zero-order valence-corrected chi connectivity index (χ0v) is 18.2. The van der Waals surface area contributed by atoms with Crippen molar-refractivity contribution in [1.82, 2.24) is 9.55 Å². The van der Waals surface area contributed by atoms with Crippen molar-refractivity contribution in [1.29, 1.82) is 0 Å². The Hall–Kier alpha value is -2.84. The van der Waals surface area contributed by atoms with Crippen LogP contribution in [0, 0.1) is 4.77 Å². The quantitative estimate of drug-likeness (QED) is 0.565. The molecule has 0 saturated heterocycles. The fourth-order valence-electron chi connectivity index (χ4n) is 3.44. The Morgan fingerprint density at radius 3 is 2.80 bits per heavy atom. The molecule has 0 aliphatic carbocycles. The van der Waals surface area contributed by atoms with Gasteiger partial charge in [-0.15, -0.1) is 11.8 Å². The van der Waals surface area contributed by atoms with Crippen LogP contribution in [0.25, 0.3) is 0 Å². The number of nitrogens with one attached hydrogen (secondary N) is 1. The van der Waals surface area contributed by atoms with Gasteiger partial charge in [0.05, 0.1) is 18.0 Å². The highest BCUT2D eigenvalue weighted by atomic mass is 32.2. The number of fused-ring (bicyclic) bond motifs is 1. The van der Waals surface area contributed by atoms with Gasteiger partial charge in [0.2, 0.25) is 5.88 Å². The minimum Gasteiger partial charge on any atom is -0.494 e. The first-order valence-electron chi connectivity index (χ1n) is 9.57. The summed E-state index contributed by atoms with van der Waals surface area (Å²) in [6, 6.07) is 15.7. The summed E-state index contributed by atoms with van der Waals surface area (Å²) in [5.74, 6) is 0.615. The number of aromatic hydroxyl groups is 1. The van der Waals surface area contributed by atoms with Crippen LogP contribution in [0.4, 0.5) is 5.69 Å². The zero-order chi connectivity index (χ0) is 21.3. The lowest BCUT2D eigenvalue weighted by molar-refractivity contribution is 0.336. The largest absolute Gasteiger partial charge is 0.494 e. The molecule has 30 heavy (non-hydrogen) atoms. The van der Waals surface area contributed by atoms with Gasteiger partial charge in [-0.3, -0.25) is 19.3 Å². The van der Waals surface area contributed by atoms with Crippen LogP contribution in [0.2, 0.25) is 0 Å². The number of hydrogen-bond donors (Lipinski definition) is 2. The SMILES string of the molecule is CCOc1ccccc1[C@@H]1CC(c2c(O)n(C)c(=S)[nH]c2=O)=Nc2ccccc2S1. The molecule has 2 N–H and O–H groups in total. The monoisotopic (exact) mass is 439 g/mol. The third kappa shape index (κ3) is 3.80. The number of aliphatic imine (C=N–C) groups is 1. The van der Waals surface area contributed by atoms with Gasteiger partial charge in [-0.05, 0) is 37.3 Å². The summed E-state index contributed by atoms with van der Waals surface area (Å²) < 4.78 is 7.39. The predicted molar refractivity (Wildman–Crippen MR) is 122 cm³/mol. The van der Waals surface area contributed by atoms with Gasteiger partial charge in [-0.1, -0.05) is 30.3 Å². The molecule has 6 nitrogen and oxygen atoms in total. The minimum atomic E-state index is -0.449. The molecule has 3 aromatic rings. The van der Waals surface area contributed by atoms with Gasteiger partial charge in [0.15, 0.2) is 4.77 Å². The molecule has 0 amide bonds. The van der Waals surface area contributed by atoms with Gasteiger partial charge in [0, 0.05) is 29.2 Å². The molecule has 1 atom stereocenters. The molecule has 4 rings (SSSR count). The van der Waals surface area contributed by atoms with E-state index in [9.17, 15) is 9.90 Å². The van der Waals surface area contributed by atoms with Crippen molar-refractivity contribution >= 4 is 35.4 Å². The van der Waals surface area contributed by atoms with Crippen LogP contribution >= 0.6 is 24.0 Å². The molecule has 0 fully saturated rings. The number of benzene rings is 2. The molecule has 154 valence electrons. The Kier molecular flexibility index (Phi) is 5.78. The Bertz CT molecular complexity index is 1250. The minimum absolute atomic E-state index is 0.0533. The summed E-state index contributed by atoms with van der Waals surface area (Å²) >= 11 is 6.78. The van der Waals surface area contributed by atoms with E-state index in [4.69, 9.17) is 21.9 Å². The summed E-state index contributed by atoms with van der Waals surface area (Å²) in [5.41, 5.74) is 1.98. The van der Waals surface area contributed by atoms with E-state index in [-0.39, 0.29) is 21.5 Å². The number of aromatic amines is 1. The number of hydrogen-bond acceptors (Lipinski definition) is 6. The van der Waals surface area contributed by atoms with E-state index in [0.29, 0.717) is 18.7 Å². The lowest BCUT2D eigenvalue weighted by atomic mass is 10.0. The molecule has 1 aromatic heterocycles. The van der Waals surface area contributed by atoms with Crippen LogP contribution in [0.15, 0.2) is 63.2 Å². The fraction of sp³-hybridized carbons (Fsp3) is 0.227. The number of nitrogens with zero attached hydrogens (tertiary/aromatic N) is 2. The maximum atomic E-state index is 12.7. The van der Waals surface area contributed by atoms with Crippen molar-refractivity contribution in [2.24, 2.45) is 12.0 Å². The Balaban J connectivity index is 1.91. The van der Waals surface area contributed by atoms with E-state index >= 15 is 0 Å². The van der Waals surface area contributed by atoms with Gasteiger partial charge >= 0.3 is 0 Å². The van der Waals surface area contributed by atoms with Crippen molar-refractivity contribution in [2.75, 3.05) is 6.61 Å². The highest BCUT2D eigenvalue weighted by Crippen LogP contribution is 2.47. The highest BCUT2D eigenvalue weighted by Gasteiger charge is 2.28. The third-order valence-corrected chi connectivity index (χ3v) is 6.60. The number of H-pyrrole nitrogens is 1.